The molecule has 1 heteroatoms. The first-order chi connectivity index (χ1) is 12.6. The van der Waals surface area contributed by atoms with Gasteiger partial charge in [-0.25, -0.2) is 0 Å². The number of hydrogen-bond acceptors (Lipinski definition) is 1. The molecule has 1 N–H and O–H groups in total. The SMILES string of the molecule is CNC(C)C(C(C)=C(C)C)C1/C=C\CC/C(CC(C)C)=C\C(CC(C)C)=C/1. The Bertz CT molecular complexity index is 567. The van der Waals surface area contributed by atoms with Crippen LogP contribution in [-0.2, 0) is 0 Å². The van der Waals surface area contributed by atoms with Gasteiger partial charge in [0, 0.05) is 17.9 Å². The molecule has 0 aromatic heterocycles. The van der Waals surface area contributed by atoms with E-state index in [1.54, 1.807) is 5.57 Å². The molecule has 3 atom stereocenters. The molecule has 0 radical (unpaired) electrons. The molecule has 1 nitrogen and oxygen atoms in total. The minimum Gasteiger partial charge on any atom is -0.317 e. The van der Waals surface area contributed by atoms with Gasteiger partial charge in [-0.3, -0.25) is 0 Å². The third-order valence-electron chi connectivity index (χ3n) is 5.80. The Kier molecular flexibility index (Phi) is 10.4. The van der Waals surface area contributed by atoms with Gasteiger partial charge >= 0.3 is 0 Å². The van der Waals surface area contributed by atoms with Crippen LogP contribution < -0.4 is 5.32 Å². The third kappa shape index (κ3) is 8.21. The maximum atomic E-state index is 3.53. The molecule has 27 heavy (non-hydrogen) atoms. The first kappa shape index (κ1) is 24.0. The highest BCUT2D eigenvalue weighted by molar-refractivity contribution is 5.30. The van der Waals surface area contributed by atoms with E-state index in [1.807, 2.05) is 0 Å². The second-order valence-corrected chi connectivity index (χ2v) is 9.57. The summed E-state index contributed by atoms with van der Waals surface area (Å²) in [7, 11) is 2.09. The van der Waals surface area contributed by atoms with Gasteiger partial charge in [-0.05, 0) is 72.3 Å². The Labute approximate surface area is 170 Å². The summed E-state index contributed by atoms with van der Waals surface area (Å²) in [5.74, 6) is 2.36. The molecule has 0 aromatic carbocycles. The summed E-state index contributed by atoms with van der Waals surface area (Å²) in [5.41, 5.74) is 6.13. The normalized spacial score (nSPS) is 25.5. The molecule has 0 saturated heterocycles. The van der Waals surface area contributed by atoms with E-state index in [9.17, 15) is 0 Å². The average Bonchev–Trinajstić information content (AvgIpc) is 2.64. The first-order valence-electron chi connectivity index (χ1n) is 11.0. The van der Waals surface area contributed by atoms with Crippen LogP contribution in [0.1, 0.15) is 81.1 Å². The number of hydrogen-bond donors (Lipinski definition) is 1. The standard InChI is InChI=1S/C26H45N/c1-18(2)14-23-12-10-11-13-25(17-24(16-23)15-19(3)4)26(22(8)27-9)21(7)20(5)6/h11,13,16-19,22,25-27H,10,12,14-15H2,1-9H3/b13-11-,23-16+,24-17-. The van der Waals surface area contributed by atoms with E-state index in [0.29, 0.717) is 23.8 Å². The van der Waals surface area contributed by atoms with Gasteiger partial charge in [0.15, 0.2) is 0 Å². The molecule has 0 amide bonds. The number of rotatable bonds is 8. The molecule has 0 spiro atoms. The molecule has 0 bridgehead atoms. The predicted molar refractivity (Wildman–Crippen MR) is 123 cm³/mol. The predicted octanol–water partition coefficient (Wildman–Crippen LogP) is 7.48. The van der Waals surface area contributed by atoms with Crippen molar-refractivity contribution in [3.8, 4) is 0 Å². The van der Waals surface area contributed by atoms with Crippen molar-refractivity contribution >= 4 is 0 Å². The van der Waals surface area contributed by atoms with Crippen LogP contribution in [0.25, 0.3) is 0 Å². The lowest BCUT2D eigenvalue weighted by Gasteiger charge is -2.31. The zero-order chi connectivity index (χ0) is 20.6. The zero-order valence-corrected chi connectivity index (χ0v) is 19.5. The molecule has 1 aliphatic rings. The van der Waals surface area contributed by atoms with Crippen LogP contribution in [0.15, 0.2) is 46.6 Å². The van der Waals surface area contributed by atoms with E-state index in [2.05, 4.69) is 92.1 Å². The molecule has 0 aliphatic heterocycles. The first-order valence-corrected chi connectivity index (χ1v) is 11.0. The summed E-state index contributed by atoms with van der Waals surface area (Å²) in [4.78, 5) is 0. The maximum absolute atomic E-state index is 3.53. The lowest BCUT2D eigenvalue weighted by molar-refractivity contribution is 0.393. The Morgan fingerprint density at radius 3 is 2.19 bits per heavy atom. The summed E-state index contributed by atoms with van der Waals surface area (Å²) < 4.78 is 0. The van der Waals surface area contributed by atoms with Crippen LogP contribution in [0.5, 0.6) is 0 Å². The van der Waals surface area contributed by atoms with E-state index < -0.39 is 0 Å². The Morgan fingerprint density at radius 1 is 1.04 bits per heavy atom. The second-order valence-electron chi connectivity index (χ2n) is 9.57. The molecule has 154 valence electrons. The number of allylic oxidation sites excluding steroid dienone is 7. The highest BCUT2D eigenvalue weighted by Crippen LogP contribution is 2.33. The average molecular weight is 372 g/mol. The van der Waals surface area contributed by atoms with Crippen LogP contribution in [0.2, 0.25) is 0 Å². The monoisotopic (exact) mass is 371 g/mol. The Morgan fingerprint density at radius 2 is 1.67 bits per heavy atom. The van der Waals surface area contributed by atoms with E-state index in [0.717, 1.165) is 12.3 Å². The molecule has 0 fully saturated rings. The van der Waals surface area contributed by atoms with Crippen molar-refractivity contribution in [2.45, 2.75) is 87.1 Å². The lowest BCUT2D eigenvalue weighted by Crippen LogP contribution is -2.35. The van der Waals surface area contributed by atoms with Gasteiger partial charge in [-0.2, -0.15) is 0 Å². The molecule has 3 unspecified atom stereocenters. The van der Waals surface area contributed by atoms with Crippen molar-refractivity contribution in [2.75, 3.05) is 7.05 Å². The fraction of sp³-hybridized carbons (Fsp3) is 0.692. The summed E-state index contributed by atoms with van der Waals surface area (Å²) in [6.07, 6.45) is 14.8. The van der Waals surface area contributed by atoms with Gasteiger partial charge < -0.3 is 5.32 Å². The van der Waals surface area contributed by atoms with Crippen LogP contribution in [0.4, 0.5) is 0 Å². The Balaban J connectivity index is 3.40. The fourth-order valence-electron chi connectivity index (χ4n) is 4.22. The summed E-state index contributed by atoms with van der Waals surface area (Å²) >= 11 is 0. The Hall–Kier alpha value is -1.08. The minimum atomic E-state index is 0.450. The summed E-state index contributed by atoms with van der Waals surface area (Å²) in [6.45, 7) is 18.5. The van der Waals surface area contributed by atoms with E-state index in [4.69, 9.17) is 0 Å². The fourth-order valence-corrected chi connectivity index (χ4v) is 4.22. The van der Waals surface area contributed by atoms with Gasteiger partial charge in [-0.15, -0.1) is 0 Å². The van der Waals surface area contributed by atoms with Gasteiger partial charge in [0.05, 0.1) is 0 Å². The third-order valence-corrected chi connectivity index (χ3v) is 5.80. The van der Waals surface area contributed by atoms with E-state index in [1.165, 1.54) is 36.0 Å². The topological polar surface area (TPSA) is 12.0 Å². The van der Waals surface area contributed by atoms with Crippen molar-refractivity contribution < 1.29 is 0 Å². The van der Waals surface area contributed by atoms with Gasteiger partial charge in [0.2, 0.25) is 0 Å². The lowest BCUT2D eigenvalue weighted by atomic mass is 9.78. The molecule has 0 heterocycles. The van der Waals surface area contributed by atoms with Crippen molar-refractivity contribution in [2.24, 2.45) is 23.7 Å². The van der Waals surface area contributed by atoms with Crippen LogP contribution >= 0.6 is 0 Å². The molecule has 0 aromatic rings. The van der Waals surface area contributed by atoms with Gasteiger partial charge in [0.25, 0.3) is 0 Å². The molecule has 0 saturated carbocycles. The molecular formula is C26H45N. The van der Waals surface area contributed by atoms with Gasteiger partial charge in [-0.1, -0.05) is 74.3 Å². The smallest absolute Gasteiger partial charge is 0.0110 e. The van der Waals surface area contributed by atoms with Gasteiger partial charge in [0.1, 0.15) is 0 Å². The van der Waals surface area contributed by atoms with E-state index >= 15 is 0 Å². The second kappa shape index (κ2) is 11.7. The van der Waals surface area contributed by atoms with Crippen molar-refractivity contribution in [3.63, 3.8) is 0 Å². The quantitative estimate of drug-likeness (QED) is 0.436. The number of nitrogens with one attached hydrogen (secondary N) is 1. The maximum Gasteiger partial charge on any atom is 0.0110 e. The largest absolute Gasteiger partial charge is 0.317 e. The van der Waals surface area contributed by atoms with Crippen LogP contribution in [0.3, 0.4) is 0 Å². The molecular weight excluding hydrogens is 326 g/mol. The highest BCUT2D eigenvalue weighted by Gasteiger charge is 2.26. The summed E-state index contributed by atoms with van der Waals surface area (Å²) in [6, 6.07) is 0.450. The highest BCUT2D eigenvalue weighted by atomic mass is 14.9. The molecule has 1 rings (SSSR count). The van der Waals surface area contributed by atoms with Crippen LogP contribution in [-0.4, -0.2) is 13.1 Å². The molecule has 1 aliphatic carbocycles. The van der Waals surface area contributed by atoms with Crippen molar-refractivity contribution in [3.05, 3.63) is 46.6 Å². The van der Waals surface area contributed by atoms with Crippen molar-refractivity contribution in [1.82, 2.24) is 5.32 Å². The zero-order valence-electron chi connectivity index (χ0n) is 19.5. The van der Waals surface area contributed by atoms with Crippen molar-refractivity contribution in [1.29, 1.82) is 0 Å². The summed E-state index contributed by atoms with van der Waals surface area (Å²) in [5, 5.41) is 3.53. The van der Waals surface area contributed by atoms with Crippen LogP contribution in [0, 0.1) is 23.7 Å². The minimum absolute atomic E-state index is 0.450. The van der Waals surface area contributed by atoms with E-state index in [-0.39, 0.29) is 0 Å².